The predicted molar refractivity (Wildman–Crippen MR) is 101 cm³/mol. The van der Waals surface area contributed by atoms with E-state index in [4.69, 9.17) is 9.47 Å². The quantitative estimate of drug-likeness (QED) is 0.825. The second-order valence-corrected chi connectivity index (χ2v) is 8.18. The Kier molecular flexibility index (Phi) is 4.72. The van der Waals surface area contributed by atoms with Crippen molar-refractivity contribution in [3.63, 3.8) is 0 Å². The van der Waals surface area contributed by atoms with Crippen LogP contribution < -0.4 is 5.32 Å². The van der Waals surface area contributed by atoms with Gasteiger partial charge in [-0.2, -0.15) is 0 Å². The Morgan fingerprint density at radius 2 is 1.67 bits per heavy atom. The molecule has 0 radical (unpaired) electrons. The highest BCUT2D eigenvalue weighted by Crippen LogP contribution is 2.49. The van der Waals surface area contributed by atoms with Gasteiger partial charge in [0.15, 0.2) is 5.79 Å². The number of piperidine rings is 1. The molecule has 1 N–H and O–H groups in total. The van der Waals surface area contributed by atoms with Crippen LogP contribution in [0.5, 0.6) is 0 Å². The Hall–Kier alpha value is -1.92. The summed E-state index contributed by atoms with van der Waals surface area (Å²) in [5, 5.41) is 3.03. The van der Waals surface area contributed by atoms with E-state index < -0.39 is 11.2 Å². The number of amides is 2. The van der Waals surface area contributed by atoms with E-state index in [0.29, 0.717) is 57.9 Å². The molecule has 6 nitrogen and oxygen atoms in total. The number of rotatable bonds is 4. The van der Waals surface area contributed by atoms with Crippen molar-refractivity contribution >= 4 is 17.5 Å². The van der Waals surface area contributed by atoms with E-state index in [-0.39, 0.29) is 11.8 Å². The fourth-order valence-electron chi connectivity index (χ4n) is 4.16. The molecule has 2 saturated heterocycles. The molecule has 1 aromatic carbocycles. The van der Waals surface area contributed by atoms with Gasteiger partial charge in [0.1, 0.15) is 5.41 Å². The SMILES string of the molecule is CC(C)c1ccccc1NC(=O)C1(C(=O)N2CCC3(CC2)OCCO3)CC1. The van der Waals surface area contributed by atoms with Crippen LogP contribution in [-0.4, -0.2) is 48.8 Å². The molecule has 27 heavy (non-hydrogen) atoms. The topological polar surface area (TPSA) is 67.9 Å². The number of anilines is 1. The molecule has 0 bridgehead atoms. The minimum Gasteiger partial charge on any atom is -0.347 e. The number of para-hydroxylation sites is 1. The van der Waals surface area contributed by atoms with Gasteiger partial charge in [-0.25, -0.2) is 0 Å². The number of ether oxygens (including phenoxy) is 2. The van der Waals surface area contributed by atoms with Gasteiger partial charge in [-0.05, 0) is 30.4 Å². The molecule has 2 heterocycles. The first-order valence-corrected chi connectivity index (χ1v) is 9.93. The van der Waals surface area contributed by atoms with E-state index in [1.54, 1.807) is 0 Å². The van der Waals surface area contributed by atoms with Gasteiger partial charge < -0.3 is 19.7 Å². The number of nitrogens with one attached hydrogen (secondary N) is 1. The molecule has 0 atom stereocenters. The third-order valence-corrected chi connectivity index (χ3v) is 6.05. The van der Waals surface area contributed by atoms with Crippen LogP contribution in [0.4, 0.5) is 5.69 Å². The lowest BCUT2D eigenvalue weighted by atomic mass is 9.97. The van der Waals surface area contributed by atoms with Crippen molar-refractivity contribution in [2.45, 2.75) is 51.2 Å². The maximum Gasteiger partial charge on any atom is 0.240 e. The van der Waals surface area contributed by atoms with E-state index in [1.807, 2.05) is 29.2 Å². The van der Waals surface area contributed by atoms with Crippen LogP contribution >= 0.6 is 0 Å². The normalized spacial score (nSPS) is 22.9. The zero-order valence-corrected chi connectivity index (χ0v) is 16.1. The highest BCUT2D eigenvalue weighted by molar-refractivity contribution is 6.13. The molecule has 2 amide bonds. The monoisotopic (exact) mass is 372 g/mol. The average molecular weight is 372 g/mol. The van der Waals surface area contributed by atoms with Crippen LogP contribution in [0, 0.1) is 5.41 Å². The predicted octanol–water partition coefficient (Wildman–Crippen LogP) is 2.89. The van der Waals surface area contributed by atoms with Gasteiger partial charge in [0.05, 0.1) is 13.2 Å². The molecule has 2 aliphatic heterocycles. The summed E-state index contributed by atoms with van der Waals surface area (Å²) in [7, 11) is 0. The van der Waals surface area contributed by atoms with Crippen LogP contribution in [-0.2, 0) is 19.1 Å². The fraction of sp³-hybridized carbons (Fsp3) is 0.619. The number of nitrogens with zero attached hydrogens (tertiary/aromatic N) is 1. The summed E-state index contributed by atoms with van der Waals surface area (Å²) >= 11 is 0. The van der Waals surface area contributed by atoms with E-state index in [2.05, 4.69) is 19.2 Å². The second kappa shape index (κ2) is 6.91. The first-order chi connectivity index (χ1) is 13.0. The van der Waals surface area contributed by atoms with Gasteiger partial charge >= 0.3 is 0 Å². The Bertz CT molecular complexity index is 725. The molecular weight excluding hydrogens is 344 g/mol. The fourth-order valence-corrected chi connectivity index (χ4v) is 4.16. The molecule has 1 aromatic rings. The lowest BCUT2D eigenvalue weighted by Crippen LogP contribution is -2.51. The average Bonchev–Trinajstić information content (AvgIpc) is 3.37. The highest BCUT2D eigenvalue weighted by Gasteiger charge is 2.58. The molecule has 0 aromatic heterocycles. The highest BCUT2D eigenvalue weighted by atomic mass is 16.7. The Morgan fingerprint density at radius 1 is 1.04 bits per heavy atom. The largest absolute Gasteiger partial charge is 0.347 e. The zero-order valence-electron chi connectivity index (χ0n) is 16.1. The molecule has 1 aliphatic carbocycles. The Labute approximate surface area is 160 Å². The Morgan fingerprint density at radius 3 is 2.26 bits per heavy atom. The molecular formula is C21H28N2O4. The number of hydrogen-bond acceptors (Lipinski definition) is 4. The molecule has 1 saturated carbocycles. The number of benzene rings is 1. The van der Waals surface area contributed by atoms with Gasteiger partial charge in [-0.1, -0.05) is 32.0 Å². The smallest absolute Gasteiger partial charge is 0.240 e. The summed E-state index contributed by atoms with van der Waals surface area (Å²) in [5.41, 5.74) is 0.998. The van der Waals surface area contributed by atoms with Gasteiger partial charge in [0.25, 0.3) is 0 Å². The first kappa shape index (κ1) is 18.4. The second-order valence-electron chi connectivity index (χ2n) is 8.18. The summed E-state index contributed by atoms with van der Waals surface area (Å²) < 4.78 is 11.5. The van der Waals surface area contributed by atoms with Crippen molar-refractivity contribution in [3.05, 3.63) is 29.8 Å². The maximum atomic E-state index is 13.1. The molecule has 146 valence electrons. The molecule has 6 heteroatoms. The van der Waals surface area contributed by atoms with Crippen molar-refractivity contribution in [3.8, 4) is 0 Å². The lowest BCUT2D eigenvalue weighted by Gasteiger charge is -2.38. The molecule has 3 fully saturated rings. The Balaban J connectivity index is 1.43. The minimum absolute atomic E-state index is 0.0464. The standard InChI is InChI=1S/C21H28N2O4/c1-15(2)16-5-3-4-6-17(16)22-18(24)20(7-8-20)19(25)23-11-9-21(10-12-23)26-13-14-27-21/h3-6,15H,7-14H2,1-2H3,(H,22,24). The van der Waals surface area contributed by atoms with Crippen molar-refractivity contribution in [1.82, 2.24) is 4.90 Å². The van der Waals surface area contributed by atoms with Gasteiger partial charge in [0, 0.05) is 31.6 Å². The van der Waals surface area contributed by atoms with E-state index >= 15 is 0 Å². The number of carbonyl (C=O) groups excluding carboxylic acids is 2. The van der Waals surface area contributed by atoms with Gasteiger partial charge in [0.2, 0.25) is 11.8 Å². The van der Waals surface area contributed by atoms with E-state index in [9.17, 15) is 9.59 Å². The molecule has 1 spiro atoms. The van der Waals surface area contributed by atoms with E-state index in [1.165, 1.54) is 0 Å². The van der Waals surface area contributed by atoms with Crippen LogP contribution in [0.3, 0.4) is 0 Å². The van der Waals surface area contributed by atoms with Crippen LogP contribution in [0.1, 0.15) is 51.0 Å². The van der Waals surface area contributed by atoms with Gasteiger partial charge in [-0.3, -0.25) is 9.59 Å². The third-order valence-electron chi connectivity index (χ3n) is 6.05. The number of likely N-dealkylation sites (tertiary alicyclic amines) is 1. The van der Waals surface area contributed by atoms with Crippen molar-refractivity contribution in [1.29, 1.82) is 0 Å². The third kappa shape index (κ3) is 3.36. The summed E-state index contributed by atoms with van der Waals surface area (Å²) in [6.45, 7) is 6.59. The number of hydrogen-bond donors (Lipinski definition) is 1. The lowest BCUT2D eigenvalue weighted by molar-refractivity contribution is -0.188. The van der Waals surface area contributed by atoms with E-state index in [0.717, 1.165) is 11.3 Å². The molecule has 0 unspecified atom stereocenters. The van der Waals surface area contributed by atoms with Crippen molar-refractivity contribution in [2.24, 2.45) is 5.41 Å². The maximum absolute atomic E-state index is 13.1. The summed E-state index contributed by atoms with van der Waals surface area (Å²) in [5.74, 6) is -0.424. The molecule has 3 aliphatic rings. The minimum atomic E-state index is -0.897. The molecule has 4 rings (SSSR count). The number of carbonyl (C=O) groups is 2. The first-order valence-electron chi connectivity index (χ1n) is 9.93. The summed E-state index contributed by atoms with van der Waals surface area (Å²) in [4.78, 5) is 27.9. The zero-order chi connectivity index (χ0) is 19.1. The summed E-state index contributed by atoms with van der Waals surface area (Å²) in [6, 6.07) is 7.81. The summed E-state index contributed by atoms with van der Waals surface area (Å²) in [6.07, 6.45) is 2.59. The van der Waals surface area contributed by atoms with Crippen LogP contribution in [0.2, 0.25) is 0 Å². The van der Waals surface area contributed by atoms with Crippen molar-refractivity contribution in [2.75, 3.05) is 31.6 Å². The van der Waals surface area contributed by atoms with Crippen molar-refractivity contribution < 1.29 is 19.1 Å². The van der Waals surface area contributed by atoms with Gasteiger partial charge in [-0.15, -0.1) is 0 Å². The van der Waals surface area contributed by atoms with Crippen LogP contribution in [0.25, 0.3) is 0 Å². The van der Waals surface area contributed by atoms with Crippen LogP contribution in [0.15, 0.2) is 24.3 Å².